The molecular formula is C23H21ClN4O2S. The van der Waals surface area contributed by atoms with Gasteiger partial charge < -0.3 is 9.15 Å². The lowest BCUT2D eigenvalue weighted by molar-refractivity contribution is 0.0410. The van der Waals surface area contributed by atoms with E-state index in [9.17, 15) is 0 Å². The number of para-hydroxylation sites is 1. The number of aromatic nitrogens is 3. The zero-order chi connectivity index (χ0) is 21.0. The fourth-order valence-corrected chi connectivity index (χ4v) is 4.47. The Labute approximate surface area is 189 Å². The maximum Gasteiger partial charge on any atom is 0.276 e. The smallest absolute Gasteiger partial charge is 0.276 e. The van der Waals surface area contributed by atoms with Crippen LogP contribution >= 0.6 is 23.4 Å². The quantitative estimate of drug-likeness (QED) is 0.380. The topological polar surface area (TPSA) is 64.3 Å². The van der Waals surface area contributed by atoms with Gasteiger partial charge in [0.1, 0.15) is 0 Å². The lowest BCUT2D eigenvalue weighted by atomic mass is 10.0. The van der Waals surface area contributed by atoms with Gasteiger partial charge in [0.2, 0.25) is 5.89 Å². The van der Waals surface area contributed by atoms with Crippen molar-refractivity contribution in [1.29, 1.82) is 0 Å². The van der Waals surface area contributed by atoms with Crippen LogP contribution < -0.4 is 0 Å². The Kier molecular flexibility index (Phi) is 6.18. The molecule has 5 rings (SSSR count). The number of nitrogens with zero attached hydrogens (tertiary/aromatic N) is 4. The summed E-state index contributed by atoms with van der Waals surface area (Å²) in [5.74, 6) is 1.40. The van der Waals surface area contributed by atoms with Gasteiger partial charge in [0.05, 0.1) is 30.0 Å². The highest BCUT2D eigenvalue weighted by Gasteiger charge is 2.16. The van der Waals surface area contributed by atoms with Crippen molar-refractivity contribution in [3.8, 4) is 22.7 Å². The SMILES string of the molecule is Clc1ccc(-c2cc(-c3nnc(SCCN4CCOCC4)o3)c3ccccc3n2)cc1. The van der Waals surface area contributed by atoms with Crippen LogP contribution in [0.4, 0.5) is 0 Å². The molecule has 0 N–H and O–H groups in total. The Morgan fingerprint density at radius 3 is 2.65 bits per heavy atom. The van der Waals surface area contributed by atoms with E-state index in [2.05, 4.69) is 15.1 Å². The van der Waals surface area contributed by atoms with Gasteiger partial charge in [-0.25, -0.2) is 4.98 Å². The number of halogens is 1. The highest BCUT2D eigenvalue weighted by Crippen LogP contribution is 2.33. The first-order chi connectivity index (χ1) is 15.3. The van der Waals surface area contributed by atoms with Crippen LogP contribution in [0.5, 0.6) is 0 Å². The van der Waals surface area contributed by atoms with Gasteiger partial charge in [0.25, 0.3) is 5.22 Å². The van der Waals surface area contributed by atoms with Crippen LogP contribution in [0.25, 0.3) is 33.6 Å². The van der Waals surface area contributed by atoms with Crippen molar-refractivity contribution in [3.05, 3.63) is 59.6 Å². The predicted molar refractivity (Wildman–Crippen MR) is 123 cm³/mol. The summed E-state index contributed by atoms with van der Waals surface area (Å²) in [6.45, 7) is 4.55. The zero-order valence-electron chi connectivity index (χ0n) is 16.8. The van der Waals surface area contributed by atoms with Crippen LogP contribution in [-0.4, -0.2) is 58.7 Å². The summed E-state index contributed by atoms with van der Waals surface area (Å²) in [5, 5.41) is 10.8. The summed E-state index contributed by atoms with van der Waals surface area (Å²) in [4.78, 5) is 7.21. The molecule has 0 radical (unpaired) electrons. The number of pyridine rings is 1. The molecule has 8 heteroatoms. The Hall–Kier alpha value is -2.45. The summed E-state index contributed by atoms with van der Waals surface area (Å²) in [6, 6.07) is 17.6. The van der Waals surface area contributed by atoms with Crippen molar-refractivity contribution in [2.24, 2.45) is 0 Å². The Balaban J connectivity index is 1.41. The zero-order valence-corrected chi connectivity index (χ0v) is 18.4. The van der Waals surface area contributed by atoms with Gasteiger partial charge in [-0.05, 0) is 24.3 Å². The molecule has 0 unspecified atom stereocenters. The van der Waals surface area contributed by atoms with E-state index in [1.807, 2.05) is 54.6 Å². The van der Waals surface area contributed by atoms with E-state index >= 15 is 0 Å². The monoisotopic (exact) mass is 452 g/mol. The molecular weight excluding hydrogens is 432 g/mol. The minimum atomic E-state index is 0.502. The standard InChI is InChI=1S/C23H21ClN4O2S/c24-17-7-5-16(6-8-17)21-15-19(18-3-1-2-4-20(18)25-21)22-26-27-23(30-22)31-14-11-28-9-12-29-13-10-28/h1-8,15H,9-14H2. The first-order valence-electron chi connectivity index (χ1n) is 10.2. The summed E-state index contributed by atoms with van der Waals surface area (Å²) in [7, 11) is 0. The average Bonchev–Trinajstić information content (AvgIpc) is 3.28. The van der Waals surface area contributed by atoms with Crippen LogP contribution in [0.15, 0.2) is 64.2 Å². The molecule has 0 aliphatic carbocycles. The van der Waals surface area contributed by atoms with E-state index < -0.39 is 0 Å². The third kappa shape index (κ3) is 4.75. The molecule has 158 valence electrons. The van der Waals surface area contributed by atoms with Crippen molar-refractivity contribution in [1.82, 2.24) is 20.1 Å². The molecule has 6 nitrogen and oxygen atoms in total. The second-order valence-corrected chi connectivity index (χ2v) is 8.74. The number of benzene rings is 2. The largest absolute Gasteiger partial charge is 0.411 e. The maximum atomic E-state index is 6.05. The van der Waals surface area contributed by atoms with Gasteiger partial charge in [-0.1, -0.05) is 53.7 Å². The van der Waals surface area contributed by atoms with Crippen molar-refractivity contribution in [3.63, 3.8) is 0 Å². The molecule has 4 aromatic rings. The number of hydrogen-bond acceptors (Lipinski definition) is 7. The molecule has 1 fully saturated rings. The lowest BCUT2D eigenvalue weighted by Gasteiger charge is -2.25. The Morgan fingerprint density at radius 1 is 1.00 bits per heavy atom. The molecule has 0 saturated carbocycles. The van der Waals surface area contributed by atoms with Crippen molar-refractivity contribution in [2.45, 2.75) is 5.22 Å². The summed E-state index contributed by atoms with van der Waals surface area (Å²) in [5.41, 5.74) is 3.58. The van der Waals surface area contributed by atoms with Crippen molar-refractivity contribution >= 4 is 34.3 Å². The van der Waals surface area contributed by atoms with Gasteiger partial charge in [0.15, 0.2) is 0 Å². The number of thioether (sulfide) groups is 1. The number of rotatable bonds is 6. The fraction of sp³-hybridized carbons (Fsp3) is 0.261. The molecule has 0 atom stereocenters. The first-order valence-corrected chi connectivity index (χ1v) is 11.6. The number of ether oxygens (including phenoxy) is 1. The van der Waals surface area contributed by atoms with Crippen molar-refractivity contribution in [2.75, 3.05) is 38.6 Å². The molecule has 0 spiro atoms. The molecule has 0 amide bonds. The van der Waals surface area contributed by atoms with Gasteiger partial charge in [-0.2, -0.15) is 0 Å². The fourth-order valence-electron chi connectivity index (χ4n) is 3.58. The van der Waals surface area contributed by atoms with Crippen LogP contribution in [0.1, 0.15) is 0 Å². The van der Waals surface area contributed by atoms with E-state index in [0.29, 0.717) is 16.1 Å². The van der Waals surface area contributed by atoms with E-state index in [1.54, 1.807) is 11.8 Å². The normalized spacial score (nSPS) is 14.9. The maximum absolute atomic E-state index is 6.05. The van der Waals surface area contributed by atoms with Crippen LogP contribution in [0, 0.1) is 0 Å². The number of hydrogen-bond donors (Lipinski definition) is 0. The minimum Gasteiger partial charge on any atom is -0.411 e. The molecule has 3 heterocycles. The average molecular weight is 453 g/mol. The molecule has 0 bridgehead atoms. The first kappa shape index (κ1) is 20.5. The summed E-state index contributed by atoms with van der Waals surface area (Å²) >= 11 is 7.63. The van der Waals surface area contributed by atoms with E-state index in [1.165, 1.54) is 0 Å². The predicted octanol–water partition coefficient (Wildman–Crippen LogP) is 5.03. The molecule has 2 aromatic carbocycles. The van der Waals surface area contributed by atoms with Gasteiger partial charge in [0, 0.05) is 41.4 Å². The molecule has 1 aliphatic rings. The third-order valence-electron chi connectivity index (χ3n) is 5.23. The Bertz CT molecular complexity index is 1180. The van der Waals surface area contributed by atoms with Gasteiger partial charge >= 0.3 is 0 Å². The van der Waals surface area contributed by atoms with E-state index in [4.69, 9.17) is 25.7 Å². The number of morpholine rings is 1. The molecule has 1 saturated heterocycles. The van der Waals surface area contributed by atoms with E-state index in [-0.39, 0.29) is 0 Å². The second kappa shape index (κ2) is 9.36. The van der Waals surface area contributed by atoms with Crippen LogP contribution in [0.2, 0.25) is 5.02 Å². The Morgan fingerprint density at radius 2 is 1.81 bits per heavy atom. The third-order valence-corrected chi connectivity index (χ3v) is 6.28. The molecule has 2 aromatic heterocycles. The van der Waals surface area contributed by atoms with Gasteiger partial charge in [-0.3, -0.25) is 4.90 Å². The summed E-state index contributed by atoms with van der Waals surface area (Å²) in [6.07, 6.45) is 0. The lowest BCUT2D eigenvalue weighted by Crippen LogP contribution is -2.37. The highest BCUT2D eigenvalue weighted by molar-refractivity contribution is 7.99. The van der Waals surface area contributed by atoms with Gasteiger partial charge in [-0.15, -0.1) is 10.2 Å². The minimum absolute atomic E-state index is 0.502. The number of fused-ring (bicyclic) bond motifs is 1. The molecule has 31 heavy (non-hydrogen) atoms. The highest BCUT2D eigenvalue weighted by atomic mass is 35.5. The second-order valence-electron chi connectivity index (χ2n) is 7.25. The van der Waals surface area contributed by atoms with Crippen LogP contribution in [0.3, 0.4) is 0 Å². The molecule has 1 aliphatic heterocycles. The van der Waals surface area contributed by atoms with E-state index in [0.717, 1.165) is 66.3 Å². The summed E-state index contributed by atoms with van der Waals surface area (Å²) < 4.78 is 11.4. The van der Waals surface area contributed by atoms with Crippen molar-refractivity contribution < 1.29 is 9.15 Å². The van der Waals surface area contributed by atoms with Crippen LogP contribution in [-0.2, 0) is 4.74 Å².